The number of amides is 1. The van der Waals surface area contributed by atoms with Gasteiger partial charge in [0.15, 0.2) is 5.78 Å². The highest BCUT2D eigenvalue weighted by Crippen LogP contribution is 2.66. The van der Waals surface area contributed by atoms with E-state index in [9.17, 15) is 14.7 Å². The number of hydrogen-bond acceptors (Lipinski definition) is 5. The van der Waals surface area contributed by atoms with Crippen molar-refractivity contribution in [2.45, 2.75) is 48.5 Å². The van der Waals surface area contributed by atoms with Crippen LogP contribution in [0, 0.1) is 11.8 Å². The molecule has 1 aromatic carbocycles. The van der Waals surface area contributed by atoms with Gasteiger partial charge in [0, 0.05) is 35.5 Å². The van der Waals surface area contributed by atoms with Gasteiger partial charge in [-0.2, -0.15) is 0 Å². The molecule has 6 nitrogen and oxygen atoms in total. The lowest BCUT2D eigenvalue weighted by Crippen LogP contribution is -2.74. The molecule has 27 heavy (non-hydrogen) atoms. The van der Waals surface area contributed by atoms with Gasteiger partial charge in [-0.15, -0.1) is 0 Å². The number of benzene rings is 1. The lowest BCUT2D eigenvalue weighted by molar-refractivity contribution is -0.167. The molecule has 4 saturated heterocycles. The number of carbonyl (C=O) groups excluding carboxylic acids is 2. The maximum atomic E-state index is 13.2. The Labute approximate surface area is 157 Å². The van der Waals surface area contributed by atoms with Crippen molar-refractivity contribution >= 4 is 17.4 Å². The molecule has 2 bridgehead atoms. The van der Waals surface area contributed by atoms with Crippen molar-refractivity contribution in [3.63, 3.8) is 0 Å². The Balaban J connectivity index is 1.54. The van der Waals surface area contributed by atoms with Crippen molar-refractivity contribution in [1.29, 1.82) is 0 Å². The summed E-state index contributed by atoms with van der Waals surface area (Å²) >= 11 is 0. The molecule has 140 valence electrons. The van der Waals surface area contributed by atoms with Crippen LogP contribution in [0.2, 0.25) is 0 Å². The Hall–Kier alpha value is -1.76. The number of nitrogens with zero attached hydrogens (tertiary/aromatic N) is 2. The molecule has 6 heteroatoms. The molecule has 5 fully saturated rings. The lowest BCUT2D eigenvalue weighted by Gasteiger charge is -2.61. The van der Waals surface area contributed by atoms with Crippen molar-refractivity contribution in [2.24, 2.45) is 11.8 Å². The van der Waals surface area contributed by atoms with E-state index in [2.05, 4.69) is 23.1 Å². The van der Waals surface area contributed by atoms with E-state index >= 15 is 0 Å². The zero-order valence-corrected chi connectivity index (χ0v) is 15.0. The van der Waals surface area contributed by atoms with Crippen LogP contribution in [0.15, 0.2) is 24.3 Å². The van der Waals surface area contributed by atoms with E-state index in [1.54, 1.807) is 0 Å². The molecule has 7 rings (SSSR count). The average Bonchev–Trinajstić information content (AvgIpc) is 3.17. The molecule has 1 aromatic rings. The normalized spacial score (nSPS) is 49.2. The summed E-state index contributed by atoms with van der Waals surface area (Å²) in [5.41, 5.74) is 0.896. The van der Waals surface area contributed by atoms with Crippen molar-refractivity contribution in [3.05, 3.63) is 29.8 Å². The summed E-state index contributed by atoms with van der Waals surface area (Å²) in [5.74, 6) is -0.209. The molecule has 1 spiro atoms. The van der Waals surface area contributed by atoms with Gasteiger partial charge in [0.25, 0.3) is 0 Å². The first kappa shape index (κ1) is 15.2. The molecule has 1 saturated carbocycles. The molecular weight excluding hydrogens is 344 g/mol. The molecule has 6 aliphatic rings. The number of rotatable bonds is 0. The number of anilines is 1. The molecule has 5 aliphatic heterocycles. The van der Waals surface area contributed by atoms with Gasteiger partial charge >= 0.3 is 0 Å². The molecule has 1 N–H and O–H groups in total. The number of hydrogen-bond donors (Lipinski definition) is 1. The molecule has 5 heterocycles. The Morgan fingerprint density at radius 1 is 1.22 bits per heavy atom. The fraction of sp³-hybridized carbons (Fsp3) is 0.619. The summed E-state index contributed by atoms with van der Waals surface area (Å²) in [4.78, 5) is 30.4. The molecule has 2 unspecified atom stereocenters. The molecule has 0 radical (unpaired) electrons. The topological polar surface area (TPSA) is 70.1 Å². The number of carbonyl (C=O) groups is 2. The fourth-order valence-corrected chi connectivity index (χ4v) is 7.81. The monoisotopic (exact) mass is 366 g/mol. The van der Waals surface area contributed by atoms with Crippen LogP contribution in [0.25, 0.3) is 0 Å². The van der Waals surface area contributed by atoms with Crippen LogP contribution >= 0.6 is 0 Å². The van der Waals surface area contributed by atoms with E-state index in [1.807, 2.05) is 11.0 Å². The van der Waals surface area contributed by atoms with Crippen LogP contribution in [0.3, 0.4) is 0 Å². The molecular formula is C21H22N2O4. The number of ether oxygens (including phenoxy) is 1. The fourth-order valence-electron chi connectivity index (χ4n) is 7.81. The Morgan fingerprint density at radius 3 is 2.96 bits per heavy atom. The maximum absolute atomic E-state index is 13.2. The van der Waals surface area contributed by atoms with E-state index < -0.39 is 5.60 Å². The van der Waals surface area contributed by atoms with Crippen LogP contribution in [0.4, 0.5) is 5.69 Å². The first-order chi connectivity index (χ1) is 13.1. The van der Waals surface area contributed by atoms with Crippen molar-refractivity contribution in [3.8, 4) is 0 Å². The summed E-state index contributed by atoms with van der Waals surface area (Å²) in [5, 5.41) is 11.5. The Morgan fingerprint density at radius 2 is 2.07 bits per heavy atom. The summed E-state index contributed by atoms with van der Waals surface area (Å²) in [6, 6.07) is 8.63. The Kier molecular flexibility index (Phi) is 2.50. The number of ketones is 1. The first-order valence-electron chi connectivity index (χ1n) is 10.1. The number of para-hydroxylation sites is 1. The van der Waals surface area contributed by atoms with Crippen LogP contribution in [0.1, 0.15) is 24.8 Å². The standard InChI is InChI=1S/C21H22N2O4/c24-16-9-27-14-8-17(25)23-13-4-2-1-3-11(13)20-5-6-22-10-21(16,26)12(7-15(20)22)18(14)19(20)23/h1-4,12,14-15,18-19,26H,5-10H2/t12-,14+,15+,18+,19+,20?,21?/m1/s1. The summed E-state index contributed by atoms with van der Waals surface area (Å²) < 4.78 is 5.99. The van der Waals surface area contributed by atoms with Gasteiger partial charge in [-0.1, -0.05) is 18.2 Å². The number of piperidine rings is 2. The lowest BCUT2D eigenvalue weighted by atomic mass is 9.51. The molecule has 1 amide bonds. The van der Waals surface area contributed by atoms with Crippen LogP contribution in [0.5, 0.6) is 0 Å². The number of fused-ring (bicyclic) bond motifs is 2. The van der Waals surface area contributed by atoms with Gasteiger partial charge < -0.3 is 14.7 Å². The minimum atomic E-state index is -1.34. The second kappa shape index (κ2) is 4.45. The zero-order chi connectivity index (χ0) is 18.1. The summed E-state index contributed by atoms with van der Waals surface area (Å²) in [7, 11) is 0. The highest BCUT2D eigenvalue weighted by atomic mass is 16.5. The second-order valence-corrected chi connectivity index (χ2v) is 9.32. The van der Waals surface area contributed by atoms with Gasteiger partial charge in [-0.05, 0) is 31.0 Å². The third-order valence-corrected chi connectivity index (χ3v) is 8.67. The molecule has 7 atom stereocenters. The zero-order valence-electron chi connectivity index (χ0n) is 15.0. The van der Waals surface area contributed by atoms with Crippen LogP contribution in [-0.2, 0) is 19.7 Å². The predicted molar refractivity (Wildman–Crippen MR) is 95.3 cm³/mol. The van der Waals surface area contributed by atoms with E-state index in [0.717, 1.165) is 25.1 Å². The SMILES string of the molecule is O=C1C[C@@H]2OCC(=O)C3(O)CN4CCC56c7ccccc7N1[C@H]5[C@H]2[C@H]3C[C@H]46. The van der Waals surface area contributed by atoms with E-state index in [4.69, 9.17) is 4.74 Å². The van der Waals surface area contributed by atoms with Crippen molar-refractivity contribution in [1.82, 2.24) is 4.90 Å². The quantitative estimate of drug-likeness (QED) is 0.723. The summed E-state index contributed by atoms with van der Waals surface area (Å²) in [6.07, 6.45) is 1.84. The van der Waals surface area contributed by atoms with Gasteiger partial charge in [0.2, 0.25) is 5.91 Å². The Bertz CT molecular complexity index is 917. The minimum absolute atomic E-state index is 0.00683. The van der Waals surface area contributed by atoms with Gasteiger partial charge in [-0.3, -0.25) is 14.5 Å². The highest BCUT2D eigenvalue weighted by molar-refractivity contribution is 5.99. The molecule has 1 aliphatic carbocycles. The van der Waals surface area contributed by atoms with Crippen LogP contribution in [-0.4, -0.2) is 65.2 Å². The van der Waals surface area contributed by atoms with Crippen molar-refractivity contribution in [2.75, 3.05) is 24.6 Å². The van der Waals surface area contributed by atoms with Crippen LogP contribution < -0.4 is 4.90 Å². The highest BCUT2D eigenvalue weighted by Gasteiger charge is 2.74. The third kappa shape index (κ3) is 1.44. The van der Waals surface area contributed by atoms with Gasteiger partial charge in [0.1, 0.15) is 12.2 Å². The average molecular weight is 366 g/mol. The third-order valence-electron chi connectivity index (χ3n) is 8.67. The minimum Gasteiger partial charge on any atom is -0.380 e. The van der Waals surface area contributed by atoms with Crippen molar-refractivity contribution < 1.29 is 19.4 Å². The smallest absolute Gasteiger partial charge is 0.229 e. The first-order valence-corrected chi connectivity index (χ1v) is 10.1. The number of Topliss-reactive ketones (excluding diaryl/α,β-unsaturated/α-hetero) is 1. The molecule has 0 aromatic heterocycles. The maximum Gasteiger partial charge on any atom is 0.229 e. The second-order valence-electron chi connectivity index (χ2n) is 9.32. The van der Waals surface area contributed by atoms with E-state index in [-0.39, 0.29) is 53.7 Å². The van der Waals surface area contributed by atoms with Gasteiger partial charge in [-0.25, -0.2) is 0 Å². The van der Waals surface area contributed by atoms with E-state index in [0.29, 0.717) is 13.0 Å². The predicted octanol–water partition coefficient (Wildman–Crippen LogP) is 0.466. The van der Waals surface area contributed by atoms with Gasteiger partial charge in [0.05, 0.1) is 18.6 Å². The van der Waals surface area contributed by atoms with E-state index in [1.165, 1.54) is 5.56 Å². The number of aliphatic hydroxyl groups is 1. The largest absolute Gasteiger partial charge is 0.380 e. The summed E-state index contributed by atoms with van der Waals surface area (Å²) in [6.45, 7) is 1.21.